The van der Waals surface area contributed by atoms with Crippen molar-refractivity contribution in [3.8, 4) is 0 Å². The molecule has 0 aliphatic carbocycles. The first kappa shape index (κ1) is 13.8. The van der Waals surface area contributed by atoms with Gasteiger partial charge in [0, 0.05) is 31.1 Å². The number of para-hydroxylation sites is 1. The number of hydrogen-bond donors (Lipinski definition) is 1. The van der Waals surface area contributed by atoms with Crippen LogP contribution in [-0.2, 0) is 4.79 Å². The molecule has 0 saturated carbocycles. The number of benzene rings is 1. The van der Waals surface area contributed by atoms with Gasteiger partial charge in [-0.05, 0) is 12.1 Å². The Labute approximate surface area is 128 Å². The van der Waals surface area contributed by atoms with Gasteiger partial charge in [-0.15, -0.1) is 0 Å². The van der Waals surface area contributed by atoms with Gasteiger partial charge < -0.3 is 15.5 Å². The molecule has 1 aromatic carbocycles. The standard InChI is InChI=1S/C15H16N4OS/c1-18-6-7-19(9-14(18)20)13-8-11(15(16)21)10-4-2-3-5-12(10)17-13/h2-5,8H,6-7,9H2,1H3,(H2,16,21). The Morgan fingerprint density at radius 2 is 2.10 bits per heavy atom. The molecule has 108 valence electrons. The summed E-state index contributed by atoms with van der Waals surface area (Å²) in [6.45, 7) is 1.78. The number of rotatable bonds is 2. The molecule has 3 rings (SSSR count). The largest absolute Gasteiger partial charge is 0.389 e. The molecule has 2 aromatic rings. The third-order valence-corrected chi connectivity index (χ3v) is 3.97. The van der Waals surface area contributed by atoms with Crippen LogP contribution in [0.2, 0.25) is 0 Å². The minimum Gasteiger partial charge on any atom is -0.389 e. The Kier molecular flexibility index (Phi) is 3.47. The Bertz CT molecular complexity index is 731. The van der Waals surface area contributed by atoms with Crippen molar-refractivity contribution < 1.29 is 4.79 Å². The van der Waals surface area contributed by atoms with E-state index < -0.39 is 0 Å². The van der Waals surface area contributed by atoms with Crippen LogP contribution in [0.25, 0.3) is 10.9 Å². The van der Waals surface area contributed by atoms with Crippen LogP contribution in [0.15, 0.2) is 30.3 Å². The monoisotopic (exact) mass is 300 g/mol. The van der Waals surface area contributed by atoms with Gasteiger partial charge in [-0.25, -0.2) is 4.98 Å². The lowest BCUT2D eigenvalue weighted by Gasteiger charge is -2.33. The molecule has 0 bridgehead atoms. The molecule has 1 aromatic heterocycles. The first-order valence-corrected chi connectivity index (χ1v) is 7.15. The van der Waals surface area contributed by atoms with Crippen molar-refractivity contribution in [1.29, 1.82) is 0 Å². The predicted octanol–water partition coefficient (Wildman–Crippen LogP) is 1.15. The lowest BCUT2D eigenvalue weighted by Crippen LogP contribution is -2.48. The van der Waals surface area contributed by atoms with E-state index in [1.807, 2.05) is 42.3 Å². The highest BCUT2D eigenvalue weighted by atomic mass is 32.1. The fourth-order valence-corrected chi connectivity index (χ4v) is 2.65. The second-order valence-electron chi connectivity index (χ2n) is 5.15. The zero-order valence-corrected chi connectivity index (χ0v) is 12.6. The molecule has 5 nitrogen and oxygen atoms in total. The summed E-state index contributed by atoms with van der Waals surface area (Å²) in [5.41, 5.74) is 7.48. The van der Waals surface area contributed by atoms with Crippen LogP contribution in [0.4, 0.5) is 5.82 Å². The van der Waals surface area contributed by atoms with E-state index in [0.29, 0.717) is 18.1 Å². The fourth-order valence-electron chi connectivity index (χ4n) is 2.48. The summed E-state index contributed by atoms with van der Waals surface area (Å²) in [4.78, 5) is 20.5. The average molecular weight is 300 g/mol. The van der Waals surface area contributed by atoms with Gasteiger partial charge in [-0.2, -0.15) is 0 Å². The summed E-state index contributed by atoms with van der Waals surface area (Å²) in [6, 6.07) is 9.62. The Hall–Kier alpha value is -2.21. The van der Waals surface area contributed by atoms with E-state index in [-0.39, 0.29) is 5.91 Å². The molecule has 1 aliphatic heterocycles. The van der Waals surface area contributed by atoms with Crippen molar-refractivity contribution in [3.05, 3.63) is 35.9 Å². The highest BCUT2D eigenvalue weighted by Gasteiger charge is 2.23. The van der Waals surface area contributed by atoms with Crippen molar-refractivity contribution >= 4 is 39.8 Å². The highest BCUT2D eigenvalue weighted by molar-refractivity contribution is 7.80. The molecule has 21 heavy (non-hydrogen) atoms. The summed E-state index contributed by atoms with van der Waals surface area (Å²) < 4.78 is 0. The molecule has 2 N–H and O–H groups in total. The molecule has 0 spiro atoms. The van der Waals surface area contributed by atoms with Gasteiger partial charge in [0.1, 0.15) is 10.8 Å². The van der Waals surface area contributed by atoms with Crippen LogP contribution in [-0.4, -0.2) is 47.5 Å². The number of nitrogens with two attached hydrogens (primary N) is 1. The third-order valence-electron chi connectivity index (χ3n) is 3.75. The minimum absolute atomic E-state index is 0.0908. The Balaban J connectivity index is 2.07. The predicted molar refractivity (Wildman–Crippen MR) is 87.5 cm³/mol. The number of hydrogen-bond acceptors (Lipinski definition) is 4. The van der Waals surface area contributed by atoms with E-state index >= 15 is 0 Å². The topological polar surface area (TPSA) is 62.5 Å². The molecule has 1 amide bonds. The number of aromatic nitrogens is 1. The second-order valence-corrected chi connectivity index (χ2v) is 5.59. The molecule has 1 fully saturated rings. The molecule has 6 heteroatoms. The maximum absolute atomic E-state index is 11.9. The van der Waals surface area contributed by atoms with Crippen LogP contribution in [0.3, 0.4) is 0 Å². The third kappa shape index (κ3) is 2.54. The second kappa shape index (κ2) is 5.29. The molecule has 0 atom stereocenters. The number of amides is 1. The van der Waals surface area contributed by atoms with Gasteiger partial charge in [-0.3, -0.25) is 4.79 Å². The van der Waals surface area contributed by atoms with Gasteiger partial charge in [0.15, 0.2) is 0 Å². The molecular formula is C15H16N4OS. The van der Waals surface area contributed by atoms with Crippen LogP contribution >= 0.6 is 12.2 Å². The smallest absolute Gasteiger partial charge is 0.241 e. The lowest BCUT2D eigenvalue weighted by atomic mass is 10.1. The number of thiocarbonyl (C=S) groups is 1. The average Bonchev–Trinajstić information content (AvgIpc) is 2.48. The highest BCUT2D eigenvalue weighted by Crippen LogP contribution is 2.23. The van der Waals surface area contributed by atoms with Crippen LogP contribution in [0.1, 0.15) is 5.56 Å². The van der Waals surface area contributed by atoms with E-state index in [4.69, 9.17) is 18.0 Å². The summed E-state index contributed by atoms with van der Waals surface area (Å²) in [5.74, 6) is 0.839. The van der Waals surface area contributed by atoms with Crippen molar-refractivity contribution in [1.82, 2.24) is 9.88 Å². The first-order chi connectivity index (χ1) is 10.1. The van der Waals surface area contributed by atoms with E-state index in [2.05, 4.69) is 4.98 Å². The zero-order valence-electron chi connectivity index (χ0n) is 11.7. The van der Waals surface area contributed by atoms with Crippen molar-refractivity contribution in [3.63, 3.8) is 0 Å². The summed E-state index contributed by atoms with van der Waals surface area (Å²) >= 11 is 5.15. The number of likely N-dealkylation sites (N-methyl/N-ethyl adjacent to an activating group) is 1. The van der Waals surface area contributed by atoms with Gasteiger partial charge in [0.2, 0.25) is 5.91 Å². The Morgan fingerprint density at radius 3 is 2.81 bits per heavy atom. The maximum Gasteiger partial charge on any atom is 0.241 e. The molecule has 0 unspecified atom stereocenters. The molecule has 1 aliphatic rings. The van der Waals surface area contributed by atoms with Gasteiger partial charge >= 0.3 is 0 Å². The van der Waals surface area contributed by atoms with Crippen LogP contribution < -0.4 is 10.6 Å². The number of anilines is 1. The number of nitrogens with zero attached hydrogens (tertiary/aromatic N) is 3. The van der Waals surface area contributed by atoms with E-state index in [1.54, 1.807) is 4.90 Å². The molecular weight excluding hydrogens is 284 g/mol. The van der Waals surface area contributed by atoms with Gasteiger partial charge in [-0.1, -0.05) is 30.4 Å². The zero-order chi connectivity index (χ0) is 15.0. The number of carbonyl (C=O) groups is 1. The SMILES string of the molecule is CN1CCN(c2cc(C(N)=S)c3ccccc3n2)CC1=O. The molecule has 1 saturated heterocycles. The van der Waals surface area contributed by atoms with Gasteiger partial charge in [0.05, 0.1) is 12.1 Å². The minimum atomic E-state index is 0.0908. The van der Waals surface area contributed by atoms with Crippen molar-refractivity contribution in [2.45, 2.75) is 0 Å². The van der Waals surface area contributed by atoms with E-state index in [9.17, 15) is 4.79 Å². The summed E-state index contributed by atoms with van der Waals surface area (Å²) in [5, 5.41) is 0.939. The first-order valence-electron chi connectivity index (χ1n) is 6.75. The number of piperazine rings is 1. The fraction of sp³-hybridized carbons (Fsp3) is 0.267. The summed E-state index contributed by atoms with van der Waals surface area (Å²) in [7, 11) is 1.81. The lowest BCUT2D eigenvalue weighted by molar-refractivity contribution is -0.129. The van der Waals surface area contributed by atoms with E-state index in [1.165, 1.54) is 0 Å². The number of carbonyl (C=O) groups excluding carboxylic acids is 1. The summed E-state index contributed by atoms with van der Waals surface area (Å²) in [6.07, 6.45) is 0. The Morgan fingerprint density at radius 1 is 1.33 bits per heavy atom. The molecule has 0 radical (unpaired) electrons. The van der Waals surface area contributed by atoms with Crippen molar-refractivity contribution in [2.75, 3.05) is 31.6 Å². The number of fused-ring (bicyclic) bond motifs is 1. The number of pyridine rings is 1. The quantitative estimate of drug-likeness (QED) is 0.843. The van der Waals surface area contributed by atoms with E-state index in [0.717, 1.165) is 28.8 Å². The normalized spacial score (nSPS) is 15.6. The van der Waals surface area contributed by atoms with Crippen molar-refractivity contribution in [2.24, 2.45) is 5.73 Å². The maximum atomic E-state index is 11.9. The molecule has 2 heterocycles. The van der Waals surface area contributed by atoms with Crippen LogP contribution in [0.5, 0.6) is 0 Å². The van der Waals surface area contributed by atoms with Crippen LogP contribution in [0, 0.1) is 0 Å². The van der Waals surface area contributed by atoms with Gasteiger partial charge in [0.25, 0.3) is 0 Å².